The van der Waals surface area contributed by atoms with Crippen molar-refractivity contribution in [3.63, 3.8) is 0 Å². The third-order valence-corrected chi connectivity index (χ3v) is 3.15. The molecule has 20 heavy (non-hydrogen) atoms. The topological polar surface area (TPSA) is 77.8 Å². The monoisotopic (exact) mass is 334 g/mol. The lowest BCUT2D eigenvalue weighted by atomic mass is 10.1. The molecule has 5 heteroatoms. The van der Waals surface area contributed by atoms with Gasteiger partial charge in [0.1, 0.15) is 22.8 Å². The predicted molar refractivity (Wildman–Crippen MR) is 78.9 cm³/mol. The summed E-state index contributed by atoms with van der Waals surface area (Å²) in [4.78, 5) is 11.9. The van der Waals surface area contributed by atoms with E-state index in [2.05, 4.69) is 15.9 Å². The number of ketones is 1. The molecule has 0 atom stereocenters. The molecule has 0 radical (unpaired) electrons. The Bertz CT molecular complexity index is 652. The number of benzene rings is 2. The molecule has 2 rings (SSSR count). The molecule has 0 aromatic heterocycles. The summed E-state index contributed by atoms with van der Waals surface area (Å²) in [7, 11) is 0. The number of aromatic hydroxyl groups is 3. The number of rotatable bonds is 3. The zero-order chi connectivity index (χ0) is 14.7. The Kier molecular flexibility index (Phi) is 4.10. The zero-order valence-electron chi connectivity index (χ0n) is 10.2. The summed E-state index contributed by atoms with van der Waals surface area (Å²) in [6.07, 6.45) is 2.82. The number of phenolic OH excluding ortho intramolecular Hbond substituents is 3. The van der Waals surface area contributed by atoms with Gasteiger partial charge in [0, 0.05) is 16.6 Å². The van der Waals surface area contributed by atoms with Gasteiger partial charge in [-0.1, -0.05) is 34.1 Å². The predicted octanol–water partition coefficient (Wildman–Crippen LogP) is 3.46. The van der Waals surface area contributed by atoms with Crippen LogP contribution >= 0.6 is 15.9 Å². The van der Waals surface area contributed by atoms with Crippen molar-refractivity contribution in [1.29, 1.82) is 0 Å². The zero-order valence-corrected chi connectivity index (χ0v) is 11.8. The Balaban J connectivity index is 2.26. The van der Waals surface area contributed by atoms with Crippen molar-refractivity contribution in [1.82, 2.24) is 0 Å². The maximum absolute atomic E-state index is 11.9. The molecule has 2 aromatic rings. The highest BCUT2D eigenvalue weighted by molar-refractivity contribution is 9.10. The van der Waals surface area contributed by atoms with Crippen LogP contribution < -0.4 is 0 Å². The first-order valence-corrected chi connectivity index (χ1v) is 6.49. The van der Waals surface area contributed by atoms with Crippen LogP contribution in [-0.4, -0.2) is 21.1 Å². The van der Waals surface area contributed by atoms with Crippen LogP contribution in [0.25, 0.3) is 6.08 Å². The molecule has 0 unspecified atom stereocenters. The number of phenols is 3. The molecule has 0 heterocycles. The van der Waals surface area contributed by atoms with E-state index in [1.807, 2.05) is 24.3 Å². The fourth-order valence-electron chi connectivity index (χ4n) is 1.68. The smallest absolute Gasteiger partial charge is 0.193 e. The van der Waals surface area contributed by atoms with Crippen molar-refractivity contribution < 1.29 is 20.1 Å². The molecule has 0 bridgehead atoms. The van der Waals surface area contributed by atoms with Gasteiger partial charge < -0.3 is 15.3 Å². The summed E-state index contributed by atoms with van der Waals surface area (Å²) in [5, 5.41) is 28.4. The van der Waals surface area contributed by atoms with Crippen LogP contribution in [0.2, 0.25) is 0 Å². The summed E-state index contributed by atoms with van der Waals surface area (Å²) in [5.41, 5.74) is 0.565. The molecule has 0 saturated carbocycles. The molecule has 0 saturated heterocycles. The molecule has 0 aliphatic heterocycles. The van der Waals surface area contributed by atoms with E-state index in [1.165, 1.54) is 6.08 Å². The van der Waals surface area contributed by atoms with E-state index in [-0.39, 0.29) is 11.3 Å². The normalized spacial score (nSPS) is 10.8. The highest BCUT2D eigenvalue weighted by Crippen LogP contribution is 2.32. The molecular weight excluding hydrogens is 324 g/mol. The van der Waals surface area contributed by atoms with E-state index in [0.717, 1.165) is 22.2 Å². The van der Waals surface area contributed by atoms with Crippen LogP contribution in [0.4, 0.5) is 0 Å². The first-order chi connectivity index (χ1) is 9.47. The lowest BCUT2D eigenvalue weighted by Gasteiger charge is -2.04. The number of hydrogen-bond donors (Lipinski definition) is 3. The highest BCUT2D eigenvalue weighted by Gasteiger charge is 2.15. The summed E-state index contributed by atoms with van der Waals surface area (Å²) in [6, 6.07) is 9.29. The third-order valence-electron chi connectivity index (χ3n) is 2.63. The number of hydrogen-bond acceptors (Lipinski definition) is 4. The second kappa shape index (κ2) is 5.79. The van der Waals surface area contributed by atoms with Gasteiger partial charge >= 0.3 is 0 Å². The van der Waals surface area contributed by atoms with Crippen molar-refractivity contribution in [2.45, 2.75) is 0 Å². The first-order valence-electron chi connectivity index (χ1n) is 5.70. The molecule has 0 amide bonds. The SMILES string of the molecule is O=C(C=Cc1ccc(Br)cc1)c1c(O)cc(O)cc1O. The lowest BCUT2D eigenvalue weighted by Crippen LogP contribution is -1.95. The average Bonchev–Trinajstić information content (AvgIpc) is 2.37. The summed E-state index contributed by atoms with van der Waals surface area (Å²) in [5.74, 6) is -1.79. The molecular formula is C15H11BrO4. The van der Waals surface area contributed by atoms with E-state index in [9.17, 15) is 20.1 Å². The highest BCUT2D eigenvalue weighted by atomic mass is 79.9. The number of halogens is 1. The average molecular weight is 335 g/mol. The Morgan fingerprint density at radius 1 is 1.00 bits per heavy atom. The number of allylic oxidation sites excluding steroid dienone is 1. The van der Waals surface area contributed by atoms with Gasteiger partial charge in [0.25, 0.3) is 0 Å². The standard InChI is InChI=1S/C15H11BrO4/c16-10-4-1-9(2-5-10)3-6-12(18)15-13(19)7-11(17)8-14(15)20/h1-8,17,19-20H. The van der Waals surface area contributed by atoms with Crippen LogP contribution in [0, 0.1) is 0 Å². The lowest BCUT2D eigenvalue weighted by molar-refractivity contribution is 0.104. The second-order valence-corrected chi connectivity index (χ2v) is 5.02. The van der Waals surface area contributed by atoms with Crippen LogP contribution in [0.5, 0.6) is 17.2 Å². The molecule has 0 spiro atoms. The maximum Gasteiger partial charge on any atom is 0.193 e. The molecule has 0 aliphatic carbocycles. The van der Waals surface area contributed by atoms with Crippen molar-refractivity contribution >= 4 is 27.8 Å². The third kappa shape index (κ3) is 3.19. The van der Waals surface area contributed by atoms with E-state index >= 15 is 0 Å². The minimum atomic E-state index is -0.553. The molecule has 2 aromatic carbocycles. The molecule has 0 aliphatic rings. The number of carbonyl (C=O) groups excluding carboxylic acids is 1. The van der Waals surface area contributed by atoms with Crippen molar-refractivity contribution in [2.24, 2.45) is 0 Å². The van der Waals surface area contributed by atoms with Gasteiger partial charge in [0.05, 0.1) is 0 Å². The minimum absolute atomic E-state index is 0.240. The Labute approximate surface area is 123 Å². The van der Waals surface area contributed by atoms with Gasteiger partial charge in [-0.25, -0.2) is 0 Å². The van der Waals surface area contributed by atoms with Crippen LogP contribution in [0.1, 0.15) is 15.9 Å². The van der Waals surface area contributed by atoms with Gasteiger partial charge in [-0.3, -0.25) is 4.79 Å². The van der Waals surface area contributed by atoms with Gasteiger partial charge in [-0.05, 0) is 23.8 Å². The fourth-order valence-corrected chi connectivity index (χ4v) is 1.94. The van der Waals surface area contributed by atoms with E-state index in [4.69, 9.17) is 0 Å². The summed E-state index contributed by atoms with van der Waals surface area (Å²) < 4.78 is 0.926. The molecule has 102 valence electrons. The minimum Gasteiger partial charge on any atom is -0.508 e. The molecule has 4 nitrogen and oxygen atoms in total. The first kappa shape index (κ1) is 14.1. The summed E-state index contributed by atoms with van der Waals surface area (Å²) >= 11 is 3.31. The van der Waals surface area contributed by atoms with E-state index in [0.29, 0.717) is 0 Å². The van der Waals surface area contributed by atoms with Gasteiger partial charge in [0.2, 0.25) is 0 Å². The number of carbonyl (C=O) groups is 1. The Morgan fingerprint density at radius 2 is 1.55 bits per heavy atom. The Morgan fingerprint density at radius 3 is 2.10 bits per heavy atom. The van der Waals surface area contributed by atoms with Crippen LogP contribution in [-0.2, 0) is 0 Å². The maximum atomic E-state index is 11.9. The van der Waals surface area contributed by atoms with Gasteiger partial charge in [0.15, 0.2) is 5.78 Å². The van der Waals surface area contributed by atoms with Crippen molar-refractivity contribution in [3.8, 4) is 17.2 Å². The Hall–Kier alpha value is -2.27. The second-order valence-electron chi connectivity index (χ2n) is 4.11. The van der Waals surface area contributed by atoms with Crippen LogP contribution in [0.3, 0.4) is 0 Å². The van der Waals surface area contributed by atoms with Crippen molar-refractivity contribution in [3.05, 3.63) is 58.1 Å². The largest absolute Gasteiger partial charge is 0.508 e. The van der Waals surface area contributed by atoms with Crippen molar-refractivity contribution in [2.75, 3.05) is 0 Å². The molecule has 3 N–H and O–H groups in total. The van der Waals surface area contributed by atoms with E-state index < -0.39 is 17.3 Å². The van der Waals surface area contributed by atoms with Gasteiger partial charge in [-0.15, -0.1) is 0 Å². The van der Waals surface area contributed by atoms with Gasteiger partial charge in [-0.2, -0.15) is 0 Å². The summed E-state index contributed by atoms with van der Waals surface area (Å²) in [6.45, 7) is 0. The molecule has 0 fully saturated rings. The van der Waals surface area contributed by atoms with Crippen LogP contribution in [0.15, 0.2) is 46.9 Å². The fraction of sp³-hybridized carbons (Fsp3) is 0. The quantitative estimate of drug-likeness (QED) is 0.593. The van der Waals surface area contributed by atoms with E-state index in [1.54, 1.807) is 6.08 Å².